The number of carbonyl (C=O) groups excluding carboxylic acids is 1. The fourth-order valence-corrected chi connectivity index (χ4v) is 9.59. The highest BCUT2D eigenvalue weighted by molar-refractivity contribution is 7.45. The minimum absolute atomic E-state index is 0.0166. The highest BCUT2D eigenvalue weighted by atomic mass is 31.2. The number of phosphoric acid groups is 1. The van der Waals surface area contributed by atoms with Crippen molar-refractivity contribution in [3.05, 3.63) is 0 Å². The van der Waals surface area contributed by atoms with Gasteiger partial charge < -0.3 is 28.8 Å². The molecule has 0 spiro atoms. The molecule has 384 valence electrons. The molecule has 0 fully saturated rings. The number of hydrogen-bond donors (Lipinski definition) is 2. The molecule has 2 N–H and O–H groups in total. The minimum Gasteiger partial charge on any atom is -0.756 e. The average molecular weight is 929 g/mol. The normalized spacial score (nSPS) is 13.9. The summed E-state index contributed by atoms with van der Waals surface area (Å²) in [7, 11) is 1.32. The predicted molar refractivity (Wildman–Crippen MR) is 275 cm³/mol. The third-order valence-corrected chi connectivity index (χ3v) is 14.3. The molecule has 0 saturated carbocycles. The summed E-state index contributed by atoms with van der Waals surface area (Å²) in [6.45, 7) is 4.78. The first-order valence-electron chi connectivity index (χ1n) is 28.4. The summed E-state index contributed by atoms with van der Waals surface area (Å²) >= 11 is 0. The number of phosphoric ester groups is 1. The molecule has 0 bridgehead atoms. The Hall–Kier alpha value is -0.500. The van der Waals surface area contributed by atoms with Crippen LogP contribution in [0.4, 0.5) is 0 Å². The number of aliphatic hydroxyl groups excluding tert-OH is 1. The van der Waals surface area contributed by atoms with Gasteiger partial charge >= 0.3 is 0 Å². The maximum Gasteiger partial charge on any atom is 0.268 e. The number of hydrogen-bond acceptors (Lipinski definition) is 6. The summed E-state index contributed by atoms with van der Waals surface area (Å²) in [6, 6.07) is -0.795. The SMILES string of the molecule is CCCCCCCCCCCCCCCCCCCCCCCCCCC(=O)NC(COP(=O)([O-])OCC[N+](C)(C)C)C(O)CCCCCCCCCCCCCCCCCCCC. The van der Waals surface area contributed by atoms with Crippen molar-refractivity contribution in [1.82, 2.24) is 5.32 Å². The Labute approximate surface area is 399 Å². The monoisotopic (exact) mass is 929 g/mol. The average Bonchev–Trinajstić information content (AvgIpc) is 3.25. The molecule has 1 amide bonds. The van der Waals surface area contributed by atoms with Gasteiger partial charge in [-0.1, -0.05) is 277 Å². The Morgan fingerprint density at radius 2 is 0.766 bits per heavy atom. The number of carbonyl (C=O) groups is 1. The van der Waals surface area contributed by atoms with Crippen molar-refractivity contribution in [2.24, 2.45) is 0 Å². The maximum atomic E-state index is 13.0. The van der Waals surface area contributed by atoms with Crippen molar-refractivity contribution in [1.29, 1.82) is 0 Å². The first kappa shape index (κ1) is 63.5. The van der Waals surface area contributed by atoms with Crippen LogP contribution in [0.3, 0.4) is 0 Å². The van der Waals surface area contributed by atoms with Crippen molar-refractivity contribution >= 4 is 13.7 Å². The van der Waals surface area contributed by atoms with Crippen LogP contribution in [0.5, 0.6) is 0 Å². The van der Waals surface area contributed by atoms with Crippen LogP contribution in [-0.4, -0.2) is 68.5 Å². The van der Waals surface area contributed by atoms with Crippen molar-refractivity contribution in [2.75, 3.05) is 40.9 Å². The highest BCUT2D eigenvalue weighted by Crippen LogP contribution is 2.38. The molecule has 8 nitrogen and oxygen atoms in total. The van der Waals surface area contributed by atoms with E-state index in [1.807, 2.05) is 21.1 Å². The molecule has 0 aromatic carbocycles. The van der Waals surface area contributed by atoms with E-state index >= 15 is 0 Å². The van der Waals surface area contributed by atoms with E-state index in [9.17, 15) is 19.4 Å². The minimum atomic E-state index is -4.57. The smallest absolute Gasteiger partial charge is 0.268 e. The number of likely N-dealkylation sites (N-methyl/N-ethyl adjacent to an activating group) is 1. The molecule has 0 rings (SSSR count). The molecule has 0 radical (unpaired) electrons. The van der Waals surface area contributed by atoms with Gasteiger partial charge in [0.15, 0.2) is 0 Å². The summed E-state index contributed by atoms with van der Waals surface area (Å²) in [5.41, 5.74) is 0. The van der Waals surface area contributed by atoms with Gasteiger partial charge in [-0.3, -0.25) is 9.36 Å². The van der Waals surface area contributed by atoms with E-state index in [1.54, 1.807) is 0 Å². The lowest BCUT2D eigenvalue weighted by molar-refractivity contribution is -0.870. The molecule has 3 unspecified atom stereocenters. The molecular formula is C55H113N2O6P. The summed E-state index contributed by atoms with van der Waals surface area (Å²) in [6.07, 6.45) is 55.6. The molecule has 0 aromatic heterocycles. The molecular weight excluding hydrogens is 816 g/mol. The van der Waals surface area contributed by atoms with Crippen LogP contribution >= 0.6 is 7.82 Å². The second-order valence-corrected chi connectivity index (χ2v) is 22.4. The van der Waals surface area contributed by atoms with E-state index in [0.717, 1.165) is 38.5 Å². The largest absolute Gasteiger partial charge is 0.756 e. The van der Waals surface area contributed by atoms with Crippen LogP contribution in [-0.2, 0) is 18.4 Å². The van der Waals surface area contributed by atoms with Gasteiger partial charge in [0.2, 0.25) is 5.91 Å². The summed E-state index contributed by atoms with van der Waals surface area (Å²) in [5.74, 6) is -0.157. The molecule has 0 aliphatic heterocycles. The Morgan fingerprint density at radius 1 is 0.484 bits per heavy atom. The number of amides is 1. The van der Waals surface area contributed by atoms with Crippen LogP contribution in [0.25, 0.3) is 0 Å². The van der Waals surface area contributed by atoms with E-state index in [2.05, 4.69) is 19.2 Å². The topological polar surface area (TPSA) is 108 Å². The van der Waals surface area contributed by atoms with Gasteiger partial charge in [0.25, 0.3) is 7.82 Å². The third-order valence-electron chi connectivity index (χ3n) is 13.3. The first-order chi connectivity index (χ1) is 31.0. The Bertz CT molecular complexity index is 1010. The number of quaternary nitrogens is 1. The van der Waals surface area contributed by atoms with Crippen LogP contribution < -0.4 is 10.2 Å². The quantitative estimate of drug-likeness (QED) is 0.0357. The Balaban J connectivity index is 4.12. The maximum absolute atomic E-state index is 13.0. The Morgan fingerprint density at radius 3 is 1.06 bits per heavy atom. The number of aliphatic hydroxyl groups is 1. The van der Waals surface area contributed by atoms with Crippen molar-refractivity contribution in [3.8, 4) is 0 Å². The molecule has 0 aromatic rings. The molecule has 64 heavy (non-hydrogen) atoms. The zero-order chi connectivity index (χ0) is 47.1. The van der Waals surface area contributed by atoms with Crippen LogP contribution in [0, 0.1) is 0 Å². The summed E-state index contributed by atoms with van der Waals surface area (Å²) in [4.78, 5) is 25.5. The van der Waals surface area contributed by atoms with Gasteiger partial charge in [0, 0.05) is 6.42 Å². The molecule has 0 heterocycles. The van der Waals surface area contributed by atoms with Gasteiger partial charge in [0.1, 0.15) is 13.2 Å². The van der Waals surface area contributed by atoms with E-state index < -0.39 is 20.0 Å². The zero-order valence-electron chi connectivity index (χ0n) is 43.8. The number of nitrogens with one attached hydrogen (secondary N) is 1. The van der Waals surface area contributed by atoms with Crippen LogP contribution in [0.15, 0.2) is 0 Å². The van der Waals surface area contributed by atoms with E-state index in [-0.39, 0.29) is 19.1 Å². The van der Waals surface area contributed by atoms with E-state index in [1.165, 1.54) is 231 Å². The predicted octanol–water partition coefficient (Wildman–Crippen LogP) is 16.2. The van der Waals surface area contributed by atoms with Crippen molar-refractivity contribution < 1.29 is 32.9 Å². The molecule has 9 heteroatoms. The lowest BCUT2D eigenvalue weighted by Gasteiger charge is -2.30. The number of unbranched alkanes of at least 4 members (excludes halogenated alkanes) is 40. The lowest BCUT2D eigenvalue weighted by Crippen LogP contribution is -2.46. The van der Waals surface area contributed by atoms with Gasteiger partial charge in [-0.25, -0.2) is 0 Å². The van der Waals surface area contributed by atoms with Gasteiger partial charge in [-0.15, -0.1) is 0 Å². The standard InChI is InChI=1S/C55H113N2O6P/c1-6-8-10-12-14-16-18-20-22-24-26-27-28-29-30-31-33-35-37-39-41-43-45-47-49-55(59)56-53(52-63-64(60,61)62-51-50-57(3,4)5)54(58)48-46-44-42-40-38-36-34-32-25-23-21-19-17-15-13-11-9-7-2/h53-54,58H,6-52H2,1-5H3,(H-,56,59,60,61). The summed E-state index contributed by atoms with van der Waals surface area (Å²) in [5, 5.41) is 14.0. The zero-order valence-corrected chi connectivity index (χ0v) is 44.7. The Kier molecular flexibility index (Phi) is 47.2. The van der Waals surface area contributed by atoms with Crippen molar-refractivity contribution in [3.63, 3.8) is 0 Å². The summed E-state index contributed by atoms with van der Waals surface area (Å²) < 4.78 is 23.4. The van der Waals surface area contributed by atoms with Gasteiger partial charge in [-0.2, -0.15) is 0 Å². The number of rotatable bonds is 53. The number of nitrogens with zero attached hydrogens (tertiary/aromatic N) is 1. The molecule has 3 atom stereocenters. The lowest BCUT2D eigenvalue weighted by atomic mass is 10.0. The fraction of sp³-hybridized carbons (Fsp3) is 0.982. The van der Waals surface area contributed by atoms with E-state index in [4.69, 9.17) is 9.05 Å². The molecule has 0 saturated heterocycles. The third kappa shape index (κ3) is 49.4. The molecule has 0 aliphatic carbocycles. The van der Waals surface area contributed by atoms with Crippen molar-refractivity contribution in [2.45, 2.75) is 309 Å². The fourth-order valence-electron chi connectivity index (χ4n) is 8.87. The van der Waals surface area contributed by atoms with Gasteiger partial charge in [-0.05, 0) is 12.8 Å². The van der Waals surface area contributed by atoms with Crippen LogP contribution in [0.1, 0.15) is 296 Å². The second-order valence-electron chi connectivity index (χ2n) is 21.0. The van der Waals surface area contributed by atoms with E-state index in [0.29, 0.717) is 23.9 Å². The molecule has 0 aliphatic rings. The highest BCUT2D eigenvalue weighted by Gasteiger charge is 2.24. The van der Waals surface area contributed by atoms with Crippen LogP contribution in [0.2, 0.25) is 0 Å². The van der Waals surface area contributed by atoms with Gasteiger partial charge in [0.05, 0.1) is 39.9 Å². The first-order valence-corrected chi connectivity index (χ1v) is 29.8. The second kappa shape index (κ2) is 47.6.